The first-order chi connectivity index (χ1) is 8.56. The van der Waals surface area contributed by atoms with Crippen molar-refractivity contribution in [3.8, 4) is 0 Å². The molecule has 0 aromatic heterocycles. The van der Waals surface area contributed by atoms with E-state index in [9.17, 15) is 13.6 Å². The number of hydrogen-bond donors (Lipinski definition) is 0. The molecule has 2 fully saturated rings. The van der Waals surface area contributed by atoms with Gasteiger partial charge in [-0.25, -0.2) is 8.78 Å². The van der Waals surface area contributed by atoms with E-state index >= 15 is 0 Å². The standard InChI is InChI=1S/C14H23F2NO/c1-10(6-11-4-2-3-5-11)14(18)17-8-12(9-17)7-13(15)16/h10-13H,2-9H2,1H3/t10-/m1/s1. The summed E-state index contributed by atoms with van der Waals surface area (Å²) < 4.78 is 24.3. The highest BCUT2D eigenvalue weighted by Crippen LogP contribution is 2.32. The van der Waals surface area contributed by atoms with E-state index in [0.717, 1.165) is 6.42 Å². The van der Waals surface area contributed by atoms with Gasteiger partial charge in [0.05, 0.1) is 0 Å². The Hall–Kier alpha value is -0.670. The van der Waals surface area contributed by atoms with Gasteiger partial charge in [0.2, 0.25) is 12.3 Å². The normalized spacial score (nSPS) is 23.4. The lowest BCUT2D eigenvalue weighted by atomic mass is 9.90. The number of alkyl halides is 2. The predicted molar refractivity (Wildman–Crippen MR) is 66.4 cm³/mol. The second-order valence-corrected chi connectivity index (χ2v) is 6.02. The number of hydrogen-bond acceptors (Lipinski definition) is 1. The van der Waals surface area contributed by atoms with Gasteiger partial charge in [-0.15, -0.1) is 0 Å². The van der Waals surface area contributed by atoms with Gasteiger partial charge in [-0.1, -0.05) is 32.6 Å². The summed E-state index contributed by atoms with van der Waals surface area (Å²) in [4.78, 5) is 13.8. The molecule has 2 aliphatic rings. The summed E-state index contributed by atoms with van der Waals surface area (Å²) in [5.74, 6) is 0.975. The maximum absolute atomic E-state index is 12.2. The van der Waals surface area contributed by atoms with E-state index in [1.165, 1.54) is 25.7 Å². The Morgan fingerprint density at radius 2 is 1.78 bits per heavy atom. The van der Waals surface area contributed by atoms with Crippen LogP contribution in [0.4, 0.5) is 8.78 Å². The van der Waals surface area contributed by atoms with Crippen LogP contribution in [0.1, 0.15) is 45.4 Å². The highest BCUT2D eigenvalue weighted by molar-refractivity contribution is 5.79. The van der Waals surface area contributed by atoms with Crippen molar-refractivity contribution in [2.45, 2.75) is 51.9 Å². The molecule has 104 valence electrons. The quantitative estimate of drug-likeness (QED) is 0.741. The van der Waals surface area contributed by atoms with E-state index in [1.807, 2.05) is 6.92 Å². The van der Waals surface area contributed by atoms with Crippen LogP contribution in [0.5, 0.6) is 0 Å². The average molecular weight is 259 g/mol. The Kier molecular flexibility index (Phi) is 4.57. The molecule has 0 radical (unpaired) electrons. The molecule has 4 heteroatoms. The fourth-order valence-electron chi connectivity index (χ4n) is 3.31. The second kappa shape index (κ2) is 5.98. The van der Waals surface area contributed by atoms with Crippen LogP contribution in [0.25, 0.3) is 0 Å². The molecule has 2 nitrogen and oxygen atoms in total. The van der Waals surface area contributed by atoms with Gasteiger partial charge in [-0.05, 0) is 18.3 Å². The molecule has 0 N–H and O–H groups in total. The molecular weight excluding hydrogens is 236 g/mol. The minimum absolute atomic E-state index is 0.0210. The molecule has 1 heterocycles. The molecule has 1 atom stereocenters. The van der Waals surface area contributed by atoms with Crippen molar-refractivity contribution in [2.24, 2.45) is 17.8 Å². The number of carbonyl (C=O) groups excluding carboxylic acids is 1. The molecule has 0 bridgehead atoms. The zero-order chi connectivity index (χ0) is 13.1. The van der Waals surface area contributed by atoms with Crippen molar-refractivity contribution in [3.63, 3.8) is 0 Å². The first kappa shape index (κ1) is 13.8. The minimum Gasteiger partial charge on any atom is -0.342 e. The van der Waals surface area contributed by atoms with Gasteiger partial charge >= 0.3 is 0 Å². The fraction of sp³-hybridized carbons (Fsp3) is 0.929. The van der Waals surface area contributed by atoms with Crippen LogP contribution in [0.15, 0.2) is 0 Å². The summed E-state index contributed by atoms with van der Waals surface area (Å²) in [7, 11) is 0. The Labute approximate surface area is 108 Å². The smallest absolute Gasteiger partial charge is 0.239 e. The molecule has 0 aromatic carbocycles. The van der Waals surface area contributed by atoms with Crippen molar-refractivity contribution < 1.29 is 13.6 Å². The van der Waals surface area contributed by atoms with E-state index in [2.05, 4.69) is 0 Å². The highest BCUT2D eigenvalue weighted by Gasteiger charge is 2.35. The third kappa shape index (κ3) is 3.42. The lowest BCUT2D eigenvalue weighted by molar-refractivity contribution is -0.143. The first-order valence-electron chi connectivity index (χ1n) is 7.13. The SMILES string of the molecule is C[C@H](CC1CCCC1)C(=O)N1CC(CC(F)F)C1. The number of halogens is 2. The van der Waals surface area contributed by atoms with Crippen LogP contribution in [-0.2, 0) is 4.79 Å². The third-order valence-electron chi connectivity index (χ3n) is 4.36. The van der Waals surface area contributed by atoms with Gasteiger partial charge in [0.25, 0.3) is 0 Å². The Morgan fingerprint density at radius 1 is 1.17 bits per heavy atom. The van der Waals surface area contributed by atoms with Crippen molar-refractivity contribution in [3.05, 3.63) is 0 Å². The maximum atomic E-state index is 12.2. The first-order valence-corrected chi connectivity index (χ1v) is 7.13. The van der Waals surface area contributed by atoms with E-state index in [-0.39, 0.29) is 24.2 Å². The van der Waals surface area contributed by atoms with Gasteiger partial charge in [0.15, 0.2) is 0 Å². The number of rotatable bonds is 5. The number of carbonyl (C=O) groups is 1. The molecule has 2 rings (SSSR count). The summed E-state index contributed by atoms with van der Waals surface area (Å²) in [6, 6.07) is 0. The van der Waals surface area contributed by atoms with Crippen LogP contribution in [-0.4, -0.2) is 30.3 Å². The van der Waals surface area contributed by atoms with Gasteiger partial charge in [0, 0.05) is 25.4 Å². The van der Waals surface area contributed by atoms with Gasteiger partial charge in [-0.3, -0.25) is 4.79 Å². The number of likely N-dealkylation sites (tertiary alicyclic amines) is 1. The van der Waals surface area contributed by atoms with Crippen LogP contribution in [0.2, 0.25) is 0 Å². The average Bonchev–Trinajstić information content (AvgIpc) is 2.74. The van der Waals surface area contributed by atoms with Crippen LogP contribution in [0.3, 0.4) is 0 Å². The molecule has 1 aliphatic heterocycles. The fourth-order valence-corrected chi connectivity index (χ4v) is 3.31. The monoisotopic (exact) mass is 259 g/mol. The summed E-state index contributed by atoms with van der Waals surface area (Å²) in [5, 5.41) is 0. The van der Waals surface area contributed by atoms with Crippen LogP contribution >= 0.6 is 0 Å². The molecule has 1 aliphatic carbocycles. The molecule has 1 saturated carbocycles. The zero-order valence-corrected chi connectivity index (χ0v) is 11.1. The van der Waals surface area contributed by atoms with Crippen molar-refractivity contribution in [1.29, 1.82) is 0 Å². The van der Waals surface area contributed by atoms with Crippen LogP contribution < -0.4 is 0 Å². The Morgan fingerprint density at radius 3 is 2.33 bits per heavy atom. The Balaban J connectivity index is 1.68. The minimum atomic E-state index is -2.23. The number of nitrogens with zero attached hydrogens (tertiary/aromatic N) is 1. The molecule has 0 spiro atoms. The highest BCUT2D eigenvalue weighted by atomic mass is 19.3. The van der Waals surface area contributed by atoms with Crippen molar-refractivity contribution in [1.82, 2.24) is 4.90 Å². The topological polar surface area (TPSA) is 20.3 Å². The lowest BCUT2D eigenvalue weighted by Gasteiger charge is -2.41. The van der Waals surface area contributed by atoms with Gasteiger partial charge < -0.3 is 4.90 Å². The summed E-state index contributed by atoms with van der Waals surface area (Å²) >= 11 is 0. The van der Waals surface area contributed by atoms with E-state index in [0.29, 0.717) is 19.0 Å². The number of amides is 1. The van der Waals surface area contributed by atoms with E-state index in [1.54, 1.807) is 4.90 Å². The largest absolute Gasteiger partial charge is 0.342 e. The lowest BCUT2D eigenvalue weighted by Crippen LogP contribution is -2.52. The summed E-state index contributed by atoms with van der Waals surface area (Å²) in [6.07, 6.45) is 3.80. The molecular formula is C14H23F2NO. The molecule has 0 unspecified atom stereocenters. The van der Waals surface area contributed by atoms with Gasteiger partial charge in [-0.2, -0.15) is 0 Å². The zero-order valence-electron chi connectivity index (χ0n) is 11.1. The molecule has 0 aromatic rings. The predicted octanol–water partition coefficient (Wildman–Crippen LogP) is 3.32. The molecule has 1 amide bonds. The summed E-state index contributed by atoms with van der Waals surface area (Å²) in [6.45, 7) is 3.07. The third-order valence-corrected chi connectivity index (χ3v) is 4.36. The van der Waals surface area contributed by atoms with Crippen molar-refractivity contribution in [2.75, 3.05) is 13.1 Å². The molecule has 18 heavy (non-hydrogen) atoms. The van der Waals surface area contributed by atoms with E-state index in [4.69, 9.17) is 0 Å². The van der Waals surface area contributed by atoms with Crippen molar-refractivity contribution >= 4 is 5.91 Å². The van der Waals surface area contributed by atoms with E-state index < -0.39 is 6.43 Å². The summed E-state index contributed by atoms with van der Waals surface area (Å²) in [5.41, 5.74) is 0. The molecule has 1 saturated heterocycles. The maximum Gasteiger partial charge on any atom is 0.239 e. The Bertz CT molecular complexity index is 284. The second-order valence-electron chi connectivity index (χ2n) is 6.02. The van der Waals surface area contributed by atoms with Crippen LogP contribution in [0, 0.1) is 17.8 Å². The van der Waals surface area contributed by atoms with Gasteiger partial charge in [0.1, 0.15) is 0 Å².